The van der Waals surface area contributed by atoms with E-state index in [-0.39, 0.29) is 0 Å². The first-order chi connectivity index (χ1) is 12.4. The van der Waals surface area contributed by atoms with Crippen LogP contribution in [0.1, 0.15) is 44.2 Å². The lowest BCUT2D eigenvalue weighted by Crippen LogP contribution is -2.22. The molecule has 0 atom stereocenters. The van der Waals surface area contributed by atoms with Gasteiger partial charge in [0.15, 0.2) is 0 Å². The van der Waals surface area contributed by atoms with Crippen molar-refractivity contribution in [3.05, 3.63) is 59.7 Å². The van der Waals surface area contributed by atoms with Gasteiger partial charge in [0.25, 0.3) is 0 Å². The highest BCUT2D eigenvalue weighted by molar-refractivity contribution is 8.02. The number of allylic oxidation sites excluding steroid dienone is 4. The minimum Gasteiger partial charge on any atom is -0.387 e. The highest BCUT2D eigenvalue weighted by Gasteiger charge is 2.13. The molecule has 2 heterocycles. The normalized spacial score (nSPS) is 15.5. The quantitative estimate of drug-likeness (QED) is 0.387. The Morgan fingerprint density at radius 3 is 2.35 bits per heavy atom. The first-order valence-electron chi connectivity index (χ1n) is 8.60. The van der Waals surface area contributed by atoms with Gasteiger partial charge in [0.1, 0.15) is 5.82 Å². The van der Waals surface area contributed by atoms with Gasteiger partial charge >= 0.3 is 0 Å². The molecule has 0 saturated carbocycles. The zero-order valence-corrected chi connectivity index (χ0v) is 16.4. The fraction of sp³-hybridized carbons (Fsp3) is 0.300. The van der Waals surface area contributed by atoms with Gasteiger partial charge in [-0.25, -0.2) is 0 Å². The average Bonchev–Trinajstić information content (AvgIpc) is 2.63. The number of piperidine rings is 1. The highest BCUT2D eigenvalue weighted by atomic mass is 32.2. The summed E-state index contributed by atoms with van der Waals surface area (Å²) in [6, 6.07) is 0. The third kappa shape index (κ3) is 5.02. The molecule has 4 N–H and O–H groups in total. The Labute approximate surface area is 160 Å². The van der Waals surface area contributed by atoms with Crippen molar-refractivity contribution >= 4 is 35.0 Å². The van der Waals surface area contributed by atoms with Gasteiger partial charge in [0, 0.05) is 42.0 Å². The van der Waals surface area contributed by atoms with Gasteiger partial charge in [-0.05, 0) is 56.2 Å². The van der Waals surface area contributed by atoms with Crippen molar-refractivity contribution in [2.24, 2.45) is 0 Å². The van der Waals surface area contributed by atoms with Crippen LogP contribution in [0.5, 0.6) is 0 Å². The molecule has 6 heteroatoms. The largest absolute Gasteiger partial charge is 0.387 e. The molecule has 0 radical (unpaired) electrons. The minimum atomic E-state index is 0.627. The fourth-order valence-electron chi connectivity index (χ4n) is 2.68. The highest BCUT2D eigenvalue weighted by Crippen LogP contribution is 2.30. The van der Waals surface area contributed by atoms with Crippen molar-refractivity contribution in [2.75, 3.05) is 11.9 Å². The van der Waals surface area contributed by atoms with E-state index < -0.39 is 0 Å². The second-order valence-corrected chi connectivity index (χ2v) is 7.20. The van der Waals surface area contributed by atoms with Gasteiger partial charge < -0.3 is 20.8 Å². The van der Waals surface area contributed by atoms with E-state index in [1.54, 1.807) is 12.4 Å². The molecule has 5 nitrogen and oxygen atoms in total. The van der Waals surface area contributed by atoms with Crippen LogP contribution in [-0.4, -0.2) is 17.7 Å². The predicted octanol–water partition coefficient (Wildman–Crippen LogP) is 4.90. The van der Waals surface area contributed by atoms with Crippen molar-refractivity contribution in [3.8, 4) is 0 Å². The predicted molar refractivity (Wildman–Crippen MR) is 115 cm³/mol. The summed E-state index contributed by atoms with van der Waals surface area (Å²) >= 11 is 1.39. The number of nitrogens with zero attached hydrogens (tertiary/aromatic N) is 1. The van der Waals surface area contributed by atoms with E-state index in [0.29, 0.717) is 5.82 Å². The zero-order valence-electron chi connectivity index (χ0n) is 15.5. The van der Waals surface area contributed by atoms with Crippen LogP contribution in [0, 0.1) is 5.41 Å². The summed E-state index contributed by atoms with van der Waals surface area (Å²) < 4.78 is 3.19. The molecule has 1 aromatic heterocycles. The van der Waals surface area contributed by atoms with Crippen LogP contribution in [-0.2, 0) is 0 Å². The van der Waals surface area contributed by atoms with Crippen LogP contribution in [0.25, 0.3) is 11.1 Å². The summed E-state index contributed by atoms with van der Waals surface area (Å²) in [6.45, 7) is 17.0. The Morgan fingerprint density at radius 1 is 1.19 bits per heavy atom. The first-order valence-corrected chi connectivity index (χ1v) is 9.41. The van der Waals surface area contributed by atoms with Gasteiger partial charge in [0.2, 0.25) is 0 Å². The lowest BCUT2D eigenvalue weighted by Gasteiger charge is -2.21. The van der Waals surface area contributed by atoms with E-state index in [1.165, 1.54) is 24.6 Å². The van der Waals surface area contributed by atoms with Crippen LogP contribution >= 0.6 is 11.9 Å². The van der Waals surface area contributed by atoms with Crippen molar-refractivity contribution in [3.63, 3.8) is 0 Å². The van der Waals surface area contributed by atoms with E-state index in [0.717, 1.165) is 57.9 Å². The standard InChI is InChI=1S/C20H27N5S/c1-13(2)16-11-22-12-17(14(3)4)20(16)24-15(5)25-26-19(10-21)18-8-6-7-9-23-18/h10-12,21,23,25H,1,3,5-9H2,2,4H3,(H,22,24)/b19-18+,21-10?. The summed E-state index contributed by atoms with van der Waals surface area (Å²) in [5.74, 6) is 0.627. The number of hydrogen-bond acceptors (Lipinski definition) is 6. The molecular weight excluding hydrogens is 342 g/mol. The topological polar surface area (TPSA) is 72.8 Å². The number of anilines is 1. The lowest BCUT2D eigenvalue weighted by atomic mass is 10.0. The van der Waals surface area contributed by atoms with Crippen molar-refractivity contribution < 1.29 is 0 Å². The third-order valence-electron chi connectivity index (χ3n) is 4.05. The number of hydrogen-bond donors (Lipinski definition) is 4. The Balaban J connectivity index is 2.13. The molecule has 1 aliphatic rings. The van der Waals surface area contributed by atoms with Crippen LogP contribution in [0.2, 0.25) is 0 Å². The second kappa shape index (κ2) is 9.29. The maximum absolute atomic E-state index is 7.68. The minimum absolute atomic E-state index is 0.627. The number of rotatable bonds is 8. The van der Waals surface area contributed by atoms with E-state index in [1.807, 2.05) is 13.8 Å². The molecule has 26 heavy (non-hydrogen) atoms. The zero-order chi connectivity index (χ0) is 19.1. The second-order valence-electron chi connectivity index (χ2n) is 6.35. The summed E-state index contributed by atoms with van der Waals surface area (Å²) in [5, 5.41) is 14.4. The molecule has 0 aromatic carbocycles. The van der Waals surface area contributed by atoms with Gasteiger partial charge in [-0.1, -0.05) is 19.7 Å². The van der Waals surface area contributed by atoms with Crippen LogP contribution in [0.15, 0.2) is 48.6 Å². The molecule has 138 valence electrons. The number of aromatic nitrogens is 1. The summed E-state index contributed by atoms with van der Waals surface area (Å²) in [4.78, 5) is 5.16. The molecule has 0 spiro atoms. The molecule has 2 rings (SSSR count). The summed E-state index contributed by atoms with van der Waals surface area (Å²) in [7, 11) is 0. The third-order valence-corrected chi connectivity index (χ3v) is 4.98. The molecular formula is C20H27N5S. The maximum Gasteiger partial charge on any atom is 0.106 e. The smallest absolute Gasteiger partial charge is 0.106 e. The van der Waals surface area contributed by atoms with Crippen LogP contribution < -0.4 is 15.4 Å². The first kappa shape index (κ1) is 19.8. The van der Waals surface area contributed by atoms with Crippen LogP contribution in [0.3, 0.4) is 0 Å². The SMILES string of the molecule is C=C(NS/C(C=N)=C1\CCCCN1)Nc1c(C(=C)C)cncc1C(=C)C. The molecule has 1 aromatic rings. The van der Waals surface area contributed by atoms with E-state index in [4.69, 9.17) is 5.41 Å². The Hall–Kier alpha value is -2.47. The molecule has 1 fully saturated rings. The van der Waals surface area contributed by atoms with Crippen molar-refractivity contribution in [2.45, 2.75) is 33.1 Å². The molecule has 0 unspecified atom stereocenters. The molecule has 1 saturated heterocycles. The van der Waals surface area contributed by atoms with Crippen molar-refractivity contribution in [1.82, 2.24) is 15.0 Å². The molecule has 0 amide bonds. The Morgan fingerprint density at radius 2 is 1.85 bits per heavy atom. The van der Waals surface area contributed by atoms with Gasteiger partial charge in [-0.15, -0.1) is 0 Å². The molecule has 0 bridgehead atoms. The van der Waals surface area contributed by atoms with E-state index in [9.17, 15) is 0 Å². The van der Waals surface area contributed by atoms with Crippen LogP contribution in [0.4, 0.5) is 5.69 Å². The lowest BCUT2D eigenvalue weighted by molar-refractivity contribution is 0.588. The van der Waals surface area contributed by atoms with Gasteiger partial charge in [-0.3, -0.25) is 4.98 Å². The summed E-state index contributed by atoms with van der Waals surface area (Å²) in [6.07, 6.45) is 8.26. The molecule has 1 aliphatic heterocycles. The Kier molecular flexibility index (Phi) is 7.09. The van der Waals surface area contributed by atoms with E-state index >= 15 is 0 Å². The number of pyridine rings is 1. The van der Waals surface area contributed by atoms with Gasteiger partial charge in [0.05, 0.1) is 10.6 Å². The summed E-state index contributed by atoms with van der Waals surface area (Å²) in [5.41, 5.74) is 5.69. The fourth-order valence-corrected chi connectivity index (χ4v) is 3.32. The monoisotopic (exact) mass is 369 g/mol. The average molecular weight is 370 g/mol. The number of nitrogens with one attached hydrogen (secondary N) is 4. The van der Waals surface area contributed by atoms with Crippen molar-refractivity contribution in [1.29, 1.82) is 5.41 Å². The van der Waals surface area contributed by atoms with Gasteiger partial charge in [-0.2, -0.15) is 0 Å². The molecule has 0 aliphatic carbocycles. The van der Waals surface area contributed by atoms with E-state index in [2.05, 4.69) is 40.1 Å². The maximum atomic E-state index is 7.68. The Bertz CT molecular complexity index is 723.